The largest absolute Gasteiger partial charge is 0.461 e. The molecular weight excluding hydrogens is 270 g/mol. The van der Waals surface area contributed by atoms with Crippen molar-refractivity contribution in [2.75, 3.05) is 18.1 Å². The summed E-state index contributed by atoms with van der Waals surface area (Å²) in [5.74, 6) is 2.95. The summed E-state index contributed by atoms with van der Waals surface area (Å²) in [5, 5.41) is 15.0. The van der Waals surface area contributed by atoms with E-state index in [1.54, 1.807) is 0 Å². The molecule has 1 fully saturated rings. The maximum atomic E-state index is 10.4. The van der Waals surface area contributed by atoms with Gasteiger partial charge in [-0.05, 0) is 18.2 Å². The van der Waals surface area contributed by atoms with Crippen LogP contribution >= 0.6 is 11.8 Å². The zero-order chi connectivity index (χ0) is 14.0. The van der Waals surface area contributed by atoms with Crippen molar-refractivity contribution in [3.63, 3.8) is 0 Å². The molecule has 1 aliphatic rings. The number of benzene rings is 1. The van der Waals surface area contributed by atoms with Crippen LogP contribution in [0.1, 0.15) is 24.7 Å². The normalized spacial score (nSPS) is 22.7. The number of aliphatic hydroxyl groups is 1. The zero-order valence-corrected chi connectivity index (χ0v) is 12.6. The van der Waals surface area contributed by atoms with Gasteiger partial charge >= 0.3 is 0 Å². The van der Waals surface area contributed by atoms with Gasteiger partial charge in [-0.3, -0.25) is 0 Å². The molecular formula is C16H21NO2S. The van der Waals surface area contributed by atoms with Crippen molar-refractivity contribution in [3.8, 4) is 0 Å². The molecule has 2 aromatic rings. The number of nitrogens with one attached hydrogen (secondary N) is 1. The summed E-state index contributed by atoms with van der Waals surface area (Å²) in [7, 11) is 0. The molecule has 4 heteroatoms. The standard InChI is InChI=1S/C16H21NO2S/c1-2-14-13(12-5-3-4-6-15(12)19-14)9-17-10-16(18)7-8-20-11-16/h3-6,17-18H,2,7-11H2,1H3. The fraction of sp³-hybridized carbons (Fsp3) is 0.500. The van der Waals surface area contributed by atoms with Gasteiger partial charge in [0.15, 0.2) is 0 Å². The molecule has 108 valence electrons. The summed E-state index contributed by atoms with van der Waals surface area (Å²) in [6.07, 6.45) is 1.78. The van der Waals surface area contributed by atoms with Crippen molar-refractivity contribution in [2.24, 2.45) is 0 Å². The van der Waals surface area contributed by atoms with Crippen molar-refractivity contribution in [3.05, 3.63) is 35.6 Å². The van der Waals surface area contributed by atoms with Crippen LogP contribution in [0.25, 0.3) is 11.0 Å². The van der Waals surface area contributed by atoms with E-state index in [4.69, 9.17) is 4.42 Å². The maximum absolute atomic E-state index is 10.4. The molecule has 1 aromatic carbocycles. The van der Waals surface area contributed by atoms with Gasteiger partial charge in [0.1, 0.15) is 11.3 Å². The predicted molar refractivity (Wildman–Crippen MR) is 84.2 cm³/mol. The quantitative estimate of drug-likeness (QED) is 0.889. The summed E-state index contributed by atoms with van der Waals surface area (Å²) >= 11 is 1.83. The Bertz CT molecular complexity index is 587. The lowest BCUT2D eigenvalue weighted by Gasteiger charge is -2.21. The summed E-state index contributed by atoms with van der Waals surface area (Å²) in [4.78, 5) is 0. The number of fused-ring (bicyclic) bond motifs is 1. The Balaban J connectivity index is 1.73. The number of aryl methyl sites for hydroxylation is 1. The monoisotopic (exact) mass is 291 g/mol. The van der Waals surface area contributed by atoms with E-state index in [1.807, 2.05) is 30.0 Å². The van der Waals surface area contributed by atoms with Crippen molar-refractivity contribution < 1.29 is 9.52 Å². The highest BCUT2D eigenvalue weighted by atomic mass is 32.2. The summed E-state index contributed by atoms with van der Waals surface area (Å²) in [6.45, 7) is 3.53. The van der Waals surface area contributed by atoms with Crippen LogP contribution in [-0.2, 0) is 13.0 Å². The first-order valence-electron chi connectivity index (χ1n) is 7.22. The lowest BCUT2D eigenvalue weighted by molar-refractivity contribution is 0.0674. The summed E-state index contributed by atoms with van der Waals surface area (Å²) in [5.41, 5.74) is 1.66. The third-order valence-corrected chi connectivity index (χ3v) is 5.18. The third-order valence-electron chi connectivity index (χ3n) is 3.94. The fourth-order valence-corrected chi connectivity index (χ4v) is 4.08. The Kier molecular flexibility index (Phi) is 4.06. The smallest absolute Gasteiger partial charge is 0.134 e. The van der Waals surface area contributed by atoms with Crippen LogP contribution in [-0.4, -0.2) is 28.8 Å². The Morgan fingerprint density at radius 1 is 1.40 bits per heavy atom. The van der Waals surface area contributed by atoms with Gasteiger partial charge in [0.2, 0.25) is 0 Å². The molecule has 1 aliphatic heterocycles. The molecule has 1 aromatic heterocycles. The second-order valence-corrected chi connectivity index (χ2v) is 6.59. The molecule has 0 aliphatic carbocycles. The minimum Gasteiger partial charge on any atom is -0.461 e. The van der Waals surface area contributed by atoms with Gasteiger partial charge in [-0.15, -0.1) is 0 Å². The van der Waals surface area contributed by atoms with E-state index in [0.717, 1.165) is 42.2 Å². The number of thioether (sulfide) groups is 1. The molecule has 1 saturated heterocycles. The molecule has 2 heterocycles. The second kappa shape index (κ2) is 5.80. The molecule has 0 saturated carbocycles. The van der Waals surface area contributed by atoms with Gasteiger partial charge in [-0.2, -0.15) is 11.8 Å². The molecule has 20 heavy (non-hydrogen) atoms. The first-order valence-corrected chi connectivity index (χ1v) is 8.37. The average molecular weight is 291 g/mol. The van der Waals surface area contributed by atoms with Crippen LogP contribution in [0, 0.1) is 0 Å². The van der Waals surface area contributed by atoms with Gasteiger partial charge in [0.05, 0.1) is 5.60 Å². The fourth-order valence-electron chi connectivity index (χ4n) is 2.78. The zero-order valence-electron chi connectivity index (χ0n) is 11.8. The predicted octanol–water partition coefficient (Wildman–Crippen LogP) is 2.95. The van der Waals surface area contributed by atoms with E-state index < -0.39 is 5.60 Å². The Morgan fingerprint density at radius 3 is 3.00 bits per heavy atom. The lowest BCUT2D eigenvalue weighted by atomic mass is 10.0. The van der Waals surface area contributed by atoms with Gasteiger partial charge in [0.25, 0.3) is 0 Å². The highest BCUT2D eigenvalue weighted by Crippen LogP contribution is 2.28. The first-order chi connectivity index (χ1) is 9.72. The molecule has 0 amide bonds. The Labute approximate surface area is 123 Å². The number of rotatable bonds is 5. The van der Waals surface area contributed by atoms with E-state index in [9.17, 15) is 5.11 Å². The number of hydrogen-bond donors (Lipinski definition) is 2. The van der Waals surface area contributed by atoms with E-state index in [2.05, 4.69) is 18.3 Å². The average Bonchev–Trinajstić information content (AvgIpc) is 3.04. The van der Waals surface area contributed by atoms with Crippen molar-refractivity contribution in [2.45, 2.75) is 31.9 Å². The first kappa shape index (κ1) is 14.0. The van der Waals surface area contributed by atoms with Gasteiger partial charge in [-0.25, -0.2) is 0 Å². The lowest BCUT2D eigenvalue weighted by Crippen LogP contribution is -2.40. The molecule has 0 bridgehead atoms. The minimum atomic E-state index is -0.531. The van der Waals surface area contributed by atoms with E-state index in [0.29, 0.717) is 6.54 Å². The van der Waals surface area contributed by atoms with E-state index in [-0.39, 0.29) is 0 Å². The Morgan fingerprint density at radius 2 is 2.25 bits per heavy atom. The number of furan rings is 1. The van der Waals surface area contributed by atoms with Crippen molar-refractivity contribution in [1.29, 1.82) is 0 Å². The SMILES string of the molecule is CCc1oc2ccccc2c1CNCC1(O)CCSC1. The Hall–Kier alpha value is -0.970. The molecule has 3 nitrogen and oxygen atoms in total. The molecule has 2 N–H and O–H groups in total. The molecule has 0 radical (unpaired) electrons. The summed E-state index contributed by atoms with van der Waals surface area (Å²) in [6, 6.07) is 8.16. The highest BCUT2D eigenvalue weighted by molar-refractivity contribution is 7.99. The third kappa shape index (κ3) is 2.73. The van der Waals surface area contributed by atoms with Crippen LogP contribution < -0.4 is 5.32 Å². The van der Waals surface area contributed by atoms with Crippen LogP contribution in [0.2, 0.25) is 0 Å². The van der Waals surface area contributed by atoms with E-state index >= 15 is 0 Å². The van der Waals surface area contributed by atoms with Crippen LogP contribution in [0.4, 0.5) is 0 Å². The topological polar surface area (TPSA) is 45.4 Å². The molecule has 1 unspecified atom stereocenters. The number of para-hydroxylation sites is 1. The minimum absolute atomic E-state index is 0.531. The van der Waals surface area contributed by atoms with Crippen LogP contribution in [0.5, 0.6) is 0 Å². The van der Waals surface area contributed by atoms with Crippen LogP contribution in [0.3, 0.4) is 0 Å². The summed E-state index contributed by atoms with van der Waals surface area (Å²) < 4.78 is 5.89. The highest BCUT2D eigenvalue weighted by Gasteiger charge is 2.31. The van der Waals surface area contributed by atoms with Gasteiger partial charge in [0, 0.05) is 36.2 Å². The molecule has 0 spiro atoms. The number of hydrogen-bond acceptors (Lipinski definition) is 4. The van der Waals surface area contributed by atoms with Crippen LogP contribution in [0.15, 0.2) is 28.7 Å². The maximum Gasteiger partial charge on any atom is 0.134 e. The molecule has 3 rings (SSSR count). The van der Waals surface area contributed by atoms with Gasteiger partial charge in [-0.1, -0.05) is 25.1 Å². The van der Waals surface area contributed by atoms with Crippen molar-refractivity contribution >= 4 is 22.7 Å². The second-order valence-electron chi connectivity index (χ2n) is 5.48. The molecule has 1 atom stereocenters. The van der Waals surface area contributed by atoms with Gasteiger partial charge < -0.3 is 14.8 Å². The van der Waals surface area contributed by atoms with Crippen molar-refractivity contribution in [1.82, 2.24) is 5.32 Å². The van der Waals surface area contributed by atoms with E-state index in [1.165, 1.54) is 10.9 Å².